The SMILES string of the molecule is O=C(Cn1[nH]c(=O)c2ccccc2c1=O)Nc1cccc(CN2CCCC2)c1. The molecule has 1 aliphatic heterocycles. The Hall–Kier alpha value is -3.19. The van der Waals surface area contributed by atoms with Crippen molar-refractivity contribution in [1.29, 1.82) is 0 Å². The number of hydrogen-bond acceptors (Lipinski definition) is 4. The Morgan fingerprint density at radius 3 is 2.54 bits per heavy atom. The van der Waals surface area contributed by atoms with E-state index in [1.807, 2.05) is 24.3 Å². The number of likely N-dealkylation sites (tertiary alicyclic amines) is 1. The van der Waals surface area contributed by atoms with Crippen LogP contribution >= 0.6 is 0 Å². The minimum atomic E-state index is -0.395. The summed E-state index contributed by atoms with van der Waals surface area (Å²) in [5.41, 5.74) is 1.03. The maximum absolute atomic E-state index is 12.5. The van der Waals surface area contributed by atoms with E-state index in [0.717, 1.165) is 29.9 Å². The van der Waals surface area contributed by atoms with Gasteiger partial charge in [-0.1, -0.05) is 24.3 Å². The van der Waals surface area contributed by atoms with Gasteiger partial charge in [0.1, 0.15) is 6.54 Å². The second kappa shape index (κ2) is 7.82. The Morgan fingerprint density at radius 2 is 1.75 bits per heavy atom. The summed E-state index contributed by atoms with van der Waals surface area (Å²) in [5.74, 6) is -0.369. The lowest BCUT2D eigenvalue weighted by Gasteiger charge is -2.15. The van der Waals surface area contributed by atoms with Gasteiger partial charge < -0.3 is 5.32 Å². The summed E-state index contributed by atoms with van der Waals surface area (Å²) in [7, 11) is 0. The van der Waals surface area contributed by atoms with Gasteiger partial charge in [0.25, 0.3) is 11.1 Å². The van der Waals surface area contributed by atoms with Gasteiger partial charge in [-0.2, -0.15) is 0 Å². The summed E-state index contributed by atoms with van der Waals surface area (Å²) in [6.45, 7) is 2.82. The second-order valence-electron chi connectivity index (χ2n) is 7.11. The number of benzene rings is 2. The lowest BCUT2D eigenvalue weighted by molar-refractivity contribution is -0.117. The van der Waals surface area contributed by atoms with Crippen LogP contribution < -0.4 is 16.4 Å². The minimum Gasteiger partial charge on any atom is -0.324 e. The first-order valence-corrected chi connectivity index (χ1v) is 9.43. The number of carbonyl (C=O) groups is 1. The summed E-state index contributed by atoms with van der Waals surface area (Å²) in [6.07, 6.45) is 2.46. The molecule has 28 heavy (non-hydrogen) atoms. The van der Waals surface area contributed by atoms with Crippen LogP contribution in [0.15, 0.2) is 58.1 Å². The Labute approximate surface area is 161 Å². The predicted molar refractivity (Wildman–Crippen MR) is 108 cm³/mol. The lowest BCUT2D eigenvalue weighted by Crippen LogP contribution is -2.34. The van der Waals surface area contributed by atoms with E-state index >= 15 is 0 Å². The highest BCUT2D eigenvalue weighted by atomic mass is 16.2. The quantitative estimate of drug-likeness (QED) is 0.710. The van der Waals surface area contributed by atoms with Crippen LogP contribution in [0.3, 0.4) is 0 Å². The highest BCUT2D eigenvalue weighted by Crippen LogP contribution is 2.16. The molecule has 0 aliphatic carbocycles. The topological polar surface area (TPSA) is 87.2 Å². The van der Waals surface area contributed by atoms with E-state index < -0.39 is 11.1 Å². The molecule has 2 heterocycles. The third-order valence-electron chi connectivity index (χ3n) is 5.00. The van der Waals surface area contributed by atoms with Crippen molar-refractivity contribution < 1.29 is 4.79 Å². The van der Waals surface area contributed by atoms with Gasteiger partial charge in [0.15, 0.2) is 0 Å². The molecule has 2 aromatic carbocycles. The number of aromatic nitrogens is 2. The van der Waals surface area contributed by atoms with Gasteiger partial charge in [0.05, 0.1) is 10.8 Å². The van der Waals surface area contributed by atoms with Gasteiger partial charge in [0.2, 0.25) is 5.91 Å². The fraction of sp³-hybridized carbons (Fsp3) is 0.286. The normalized spacial score (nSPS) is 14.4. The number of carbonyl (C=O) groups excluding carboxylic acids is 1. The zero-order valence-electron chi connectivity index (χ0n) is 15.5. The molecule has 0 radical (unpaired) electrons. The zero-order chi connectivity index (χ0) is 19.5. The van der Waals surface area contributed by atoms with Gasteiger partial charge in [-0.05, 0) is 55.8 Å². The number of rotatable bonds is 5. The van der Waals surface area contributed by atoms with E-state index in [0.29, 0.717) is 16.5 Å². The molecule has 1 amide bonds. The Morgan fingerprint density at radius 1 is 1.00 bits per heavy atom. The first-order chi connectivity index (χ1) is 13.6. The van der Waals surface area contributed by atoms with Gasteiger partial charge in [-0.3, -0.25) is 24.4 Å². The van der Waals surface area contributed by atoms with Gasteiger partial charge in [0, 0.05) is 12.2 Å². The maximum atomic E-state index is 12.5. The molecule has 0 unspecified atom stereocenters. The molecular weight excluding hydrogens is 356 g/mol. The van der Waals surface area contributed by atoms with Crippen molar-refractivity contribution in [3.8, 4) is 0 Å². The summed E-state index contributed by atoms with van der Waals surface area (Å²) < 4.78 is 1.05. The average molecular weight is 378 g/mol. The summed E-state index contributed by atoms with van der Waals surface area (Å²) in [4.78, 5) is 39.5. The zero-order valence-corrected chi connectivity index (χ0v) is 15.5. The van der Waals surface area contributed by atoms with Crippen molar-refractivity contribution in [3.05, 3.63) is 74.8 Å². The average Bonchev–Trinajstić information content (AvgIpc) is 3.19. The summed E-state index contributed by atoms with van der Waals surface area (Å²) in [5, 5.41) is 5.90. The number of anilines is 1. The van der Waals surface area contributed by atoms with Crippen LogP contribution in [0.1, 0.15) is 18.4 Å². The highest BCUT2D eigenvalue weighted by Gasteiger charge is 2.13. The molecule has 0 saturated carbocycles. The van der Waals surface area contributed by atoms with Gasteiger partial charge in [-0.25, -0.2) is 4.68 Å². The van der Waals surface area contributed by atoms with E-state index in [1.54, 1.807) is 24.3 Å². The first-order valence-electron chi connectivity index (χ1n) is 9.43. The van der Waals surface area contributed by atoms with Crippen LogP contribution in [0.4, 0.5) is 5.69 Å². The largest absolute Gasteiger partial charge is 0.324 e. The Bertz CT molecular complexity index is 1130. The number of aromatic amines is 1. The molecule has 1 fully saturated rings. The first kappa shape index (κ1) is 18.2. The molecule has 0 atom stereocenters. The smallest absolute Gasteiger partial charge is 0.273 e. The number of nitrogens with zero attached hydrogens (tertiary/aromatic N) is 2. The number of nitrogens with one attached hydrogen (secondary N) is 2. The summed E-state index contributed by atoms with van der Waals surface area (Å²) >= 11 is 0. The molecule has 1 aliphatic rings. The minimum absolute atomic E-state index is 0.255. The molecule has 4 rings (SSSR count). The molecular formula is C21H22N4O3. The van der Waals surface area contributed by atoms with E-state index in [-0.39, 0.29) is 12.5 Å². The fourth-order valence-electron chi connectivity index (χ4n) is 3.65. The van der Waals surface area contributed by atoms with E-state index in [4.69, 9.17) is 0 Å². The summed E-state index contributed by atoms with van der Waals surface area (Å²) in [6, 6.07) is 14.3. The van der Waals surface area contributed by atoms with Crippen molar-refractivity contribution in [3.63, 3.8) is 0 Å². The monoisotopic (exact) mass is 378 g/mol. The van der Waals surface area contributed by atoms with Crippen LogP contribution in [0.5, 0.6) is 0 Å². The van der Waals surface area contributed by atoms with Crippen molar-refractivity contribution in [2.45, 2.75) is 25.9 Å². The Kier molecular flexibility index (Phi) is 5.08. The van der Waals surface area contributed by atoms with Gasteiger partial charge >= 0.3 is 0 Å². The van der Waals surface area contributed by atoms with Crippen LogP contribution in [0, 0.1) is 0 Å². The van der Waals surface area contributed by atoms with Crippen molar-refractivity contribution in [1.82, 2.24) is 14.7 Å². The van der Waals surface area contributed by atoms with E-state index in [2.05, 4.69) is 15.3 Å². The molecule has 0 bridgehead atoms. The standard InChI is InChI=1S/C21H22N4O3/c26-19(14-25-21(28)18-9-2-1-8-17(18)20(27)23-25)22-16-7-5-6-15(12-16)13-24-10-3-4-11-24/h1-2,5-9,12H,3-4,10-11,13-14H2,(H,22,26)(H,23,27). The Balaban J connectivity index is 1.49. The third-order valence-corrected chi connectivity index (χ3v) is 5.00. The molecule has 0 spiro atoms. The number of amides is 1. The van der Waals surface area contributed by atoms with Crippen molar-refractivity contribution in [2.24, 2.45) is 0 Å². The molecule has 7 nitrogen and oxygen atoms in total. The molecule has 1 aromatic heterocycles. The van der Waals surface area contributed by atoms with Crippen molar-refractivity contribution >= 4 is 22.4 Å². The van der Waals surface area contributed by atoms with E-state index in [9.17, 15) is 14.4 Å². The lowest BCUT2D eigenvalue weighted by atomic mass is 10.2. The number of fused-ring (bicyclic) bond motifs is 1. The highest BCUT2D eigenvalue weighted by molar-refractivity contribution is 5.90. The molecule has 144 valence electrons. The third kappa shape index (κ3) is 3.89. The van der Waals surface area contributed by atoms with Crippen LogP contribution in [0.2, 0.25) is 0 Å². The molecule has 2 N–H and O–H groups in total. The second-order valence-corrected chi connectivity index (χ2v) is 7.11. The van der Waals surface area contributed by atoms with Crippen LogP contribution in [-0.2, 0) is 17.9 Å². The predicted octanol–water partition coefficient (Wildman–Crippen LogP) is 1.92. The van der Waals surface area contributed by atoms with Gasteiger partial charge in [-0.15, -0.1) is 0 Å². The maximum Gasteiger partial charge on any atom is 0.273 e. The molecule has 7 heteroatoms. The number of H-pyrrole nitrogens is 1. The number of hydrogen-bond donors (Lipinski definition) is 2. The van der Waals surface area contributed by atoms with Crippen LogP contribution in [0.25, 0.3) is 10.8 Å². The van der Waals surface area contributed by atoms with E-state index in [1.165, 1.54) is 12.8 Å². The fourth-order valence-corrected chi connectivity index (χ4v) is 3.65. The van der Waals surface area contributed by atoms with Crippen molar-refractivity contribution in [2.75, 3.05) is 18.4 Å². The van der Waals surface area contributed by atoms with Crippen LogP contribution in [-0.4, -0.2) is 33.7 Å². The molecule has 3 aromatic rings. The molecule has 1 saturated heterocycles.